The Morgan fingerprint density at radius 2 is 2.05 bits per heavy atom. The summed E-state index contributed by atoms with van der Waals surface area (Å²) < 4.78 is 5.46. The largest absolute Gasteiger partial charge is 0.380 e. The van der Waals surface area contributed by atoms with Gasteiger partial charge in [0.15, 0.2) is 0 Å². The lowest BCUT2D eigenvalue weighted by Gasteiger charge is -2.28. The van der Waals surface area contributed by atoms with Gasteiger partial charge in [-0.3, -0.25) is 10.1 Å². The number of nitrogens with one attached hydrogen (secondary N) is 1. The Morgan fingerprint density at radius 3 is 2.65 bits per heavy atom. The fraction of sp³-hybridized carbons (Fsp3) is 0.938. The normalized spacial score (nSPS) is 29.4. The van der Waals surface area contributed by atoms with E-state index in [0.29, 0.717) is 18.4 Å². The van der Waals surface area contributed by atoms with Crippen LogP contribution in [0.5, 0.6) is 0 Å². The standard InChI is InChI=1S/C16H30N2O2/c1-4-12(3)14-16(19)18(10-11-20-5-2)15(17-14)13-8-6-7-9-13/h12-15,17H,4-11H2,1-3H3. The Kier molecular flexibility index (Phi) is 5.85. The first kappa shape index (κ1) is 15.8. The number of ether oxygens (including phenoxy) is 1. The zero-order valence-electron chi connectivity index (χ0n) is 13.2. The molecule has 1 saturated carbocycles. The average Bonchev–Trinajstić information content (AvgIpc) is 3.07. The molecule has 2 fully saturated rings. The quantitative estimate of drug-likeness (QED) is 0.729. The van der Waals surface area contributed by atoms with Gasteiger partial charge in [-0.1, -0.05) is 33.1 Å². The number of amides is 1. The molecule has 3 unspecified atom stereocenters. The lowest BCUT2D eigenvalue weighted by atomic mass is 9.99. The minimum atomic E-state index is 0.00669. The fourth-order valence-electron chi connectivity index (χ4n) is 3.52. The predicted octanol–water partition coefficient (Wildman–Crippen LogP) is 2.39. The second kappa shape index (κ2) is 7.41. The molecular weight excluding hydrogens is 252 g/mol. The van der Waals surface area contributed by atoms with Crippen LogP contribution >= 0.6 is 0 Å². The van der Waals surface area contributed by atoms with E-state index >= 15 is 0 Å². The average molecular weight is 282 g/mol. The van der Waals surface area contributed by atoms with Crippen LogP contribution in [0.2, 0.25) is 0 Å². The monoisotopic (exact) mass is 282 g/mol. The van der Waals surface area contributed by atoms with Gasteiger partial charge >= 0.3 is 0 Å². The number of nitrogens with zero attached hydrogens (tertiary/aromatic N) is 1. The Labute approximate surface area is 123 Å². The second-order valence-electron chi connectivity index (χ2n) is 6.25. The first-order chi connectivity index (χ1) is 9.69. The molecule has 3 atom stereocenters. The molecule has 2 rings (SSSR count). The van der Waals surface area contributed by atoms with Crippen molar-refractivity contribution in [2.45, 2.75) is 65.1 Å². The third kappa shape index (κ3) is 3.34. The smallest absolute Gasteiger partial charge is 0.241 e. The molecule has 1 aliphatic carbocycles. The van der Waals surface area contributed by atoms with Gasteiger partial charge in [0.2, 0.25) is 5.91 Å². The van der Waals surface area contributed by atoms with Crippen LogP contribution in [0.4, 0.5) is 0 Å². The van der Waals surface area contributed by atoms with Crippen molar-refractivity contribution in [2.24, 2.45) is 11.8 Å². The summed E-state index contributed by atoms with van der Waals surface area (Å²) in [5, 5.41) is 3.63. The van der Waals surface area contributed by atoms with Crippen molar-refractivity contribution < 1.29 is 9.53 Å². The van der Waals surface area contributed by atoms with E-state index in [-0.39, 0.29) is 18.1 Å². The Balaban J connectivity index is 2.03. The minimum absolute atomic E-state index is 0.00669. The molecule has 0 radical (unpaired) electrons. The molecule has 0 aromatic rings. The number of hydrogen-bond acceptors (Lipinski definition) is 3. The molecular formula is C16H30N2O2. The lowest BCUT2D eigenvalue weighted by molar-refractivity contribution is -0.132. The lowest BCUT2D eigenvalue weighted by Crippen LogP contribution is -2.44. The summed E-state index contributed by atoms with van der Waals surface area (Å²) in [7, 11) is 0. The SMILES string of the molecule is CCOCCN1C(=O)C(C(C)CC)NC1C1CCCC1. The highest BCUT2D eigenvalue weighted by Crippen LogP contribution is 2.33. The molecule has 1 N–H and O–H groups in total. The van der Waals surface area contributed by atoms with Crippen LogP contribution in [0.25, 0.3) is 0 Å². The fourth-order valence-corrected chi connectivity index (χ4v) is 3.52. The van der Waals surface area contributed by atoms with Gasteiger partial charge in [-0.2, -0.15) is 0 Å². The predicted molar refractivity (Wildman–Crippen MR) is 80.3 cm³/mol. The van der Waals surface area contributed by atoms with E-state index in [1.165, 1.54) is 25.7 Å². The minimum Gasteiger partial charge on any atom is -0.380 e. The molecule has 0 aromatic carbocycles. The molecule has 4 nitrogen and oxygen atoms in total. The van der Waals surface area contributed by atoms with Crippen molar-refractivity contribution in [3.8, 4) is 0 Å². The molecule has 2 aliphatic rings. The number of carbonyl (C=O) groups is 1. The van der Waals surface area contributed by atoms with Crippen LogP contribution in [0.3, 0.4) is 0 Å². The molecule has 1 heterocycles. The molecule has 0 spiro atoms. The van der Waals surface area contributed by atoms with Gasteiger partial charge in [-0.15, -0.1) is 0 Å². The van der Waals surface area contributed by atoms with Gasteiger partial charge in [-0.25, -0.2) is 0 Å². The molecule has 1 amide bonds. The van der Waals surface area contributed by atoms with E-state index in [1.807, 2.05) is 6.92 Å². The molecule has 20 heavy (non-hydrogen) atoms. The van der Waals surface area contributed by atoms with Crippen LogP contribution in [-0.4, -0.2) is 42.8 Å². The zero-order chi connectivity index (χ0) is 14.5. The maximum atomic E-state index is 12.7. The van der Waals surface area contributed by atoms with Gasteiger partial charge in [0.05, 0.1) is 18.8 Å². The first-order valence-corrected chi connectivity index (χ1v) is 8.33. The van der Waals surface area contributed by atoms with Gasteiger partial charge in [0.1, 0.15) is 0 Å². The first-order valence-electron chi connectivity index (χ1n) is 8.33. The molecule has 0 aromatic heterocycles. The zero-order valence-corrected chi connectivity index (χ0v) is 13.2. The van der Waals surface area contributed by atoms with Crippen molar-refractivity contribution in [3.05, 3.63) is 0 Å². The maximum Gasteiger partial charge on any atom is 0.241 e. The van der Waals surface area contributed by atoms with E-state index in [2.05, 4.69) is 24.1 Å². The van der Waals surface area contributed by atoms with Crippen LogP contribution in [0, 0.1) is 11.8 Å². The summed E-state index contributed by atoms with van der Waals surface area (Å²) >= 11 is 0. The van der Waals surface area contributed by atoms with Crippen molar-refractivity contribution in [1.82, 2.24) is 10.2 Å². The molecule has 1 saturated heterocycles. The third-order valence-corrected chi connectivity index (χ3v) is 4.98. The van der Waals surface area contributed by atoms with Gasteiger partial charge in [0.25, 0.3) is 0 Å². The van der Waals surface area contributed by atoms with Crippen LogP contribution in [-0.2, 0) is 9.53 Å². The van der Waals surface area contributed by atoms with E-state index in [1.54, 1.807) is 0 Å². The molecule has 0 bridgehead atoms. The Morgan fingerprint density at radius 1 is 1.35 bits per heavy atom. The van der Waals surface area contributed by atoms with Crippen LogP contribution in [0.1, 0.15) is 52.9 Å². The summed E-state index contributed by atoms with van der Waals surface area (Å²) in [5.41, 5.74) is 0. The van der Waals surface area contributed by atoms with Crippen molar-refractivity contribution in [1.29, 1.82) is 0 Å². The molecule has 116 valence electrons. The Hall–Kier alpha value is -0.610. The van der Waals surface area contributed by atoms with Crippen LogP contribution < -0.4 is 5.32 Å². The van der Waals surface area contributed by atoms with Crippen molar-refractivity contribution in [3.63, 3.8) is 0 Å². The van der Waals surface area contributed by atoms with Crippen molar-refractivity contribution in [2.75, 3.05) is 19.8 Å². The highest BCUT2D eigenvalue weighted by molar-refractivity contribution is 5.84. The van der Waals surface area contributed by atoms with E-state index in [0.717, 1.165) is 19.6 Å². The van der Waals surface area contributed by atoms with Gasteiger partial charge < -0.3 is 9.64 Å². The summed E-state index contributed by atoms with van der Waals surface area (Å²) in [4.78, 5) is 14.7. The maximum absolute atomic E-state index is 12.7. The summed E-state index contributed by atoms with van der Waals surface area (Å²) in [6.07, 6.45) is 6.41. The number of rotatable bonds is 7. The number of carbonyl (C=O) groups excluding carboxylic acids is 1. The molecule has 4 heteroatoms. The highest BCUT2D eigenvalue weighted by Gasteiger charge is 2.44. The topological polar surface area (TPSA) is 41.6 Å². The third-order valence-electron chi connectivity index (χ3n) is 4.98. The Bertz CT molecular complexity index is 316. The van der Waals surface area contributed by atoms with E-state index < -0.39 is 0 Å². The van der Waals surface area contributed by atoms with E-state index in [9.17, 15) is 4.79 Å². The molecule has 1 aliphatic heterocycles. The van der Waals surface area contributed by atoms with Crippen molar-refractivity contribution >= 4 is 5.91 Å². The summed E-state index contributed by atoms with van der Waals surface area (Å²) in [6.45, 7) is 8.44. The second-order valence-corrected chi connectivity index (χ2v) is 6.25. The summed E-state index contributed by atoms with van der Waals surface area (Å²) in [6, 6.07) is 0.00669. The highest BCUT2D eigenvalue weighted by atomic mass is 16.5. The van der Waals surface area contributed by atoms with E-state index in [4.69, 9.17) is 4.74 Å². The number of hydrogen-bond donors (Lipinski definition) is 1. The van der Waals surface area contributed by atoms with Gasteiger partial charge in [-0.05, 0) is 31.6 Å². The van der Waals surface area contributed by atoms with Gasteiger partial charge in [0, 0.05) is 13.2 Å². The van der Waals surface area contributed by atoms with Crippen LogP contribution in [0.15, 0.2) is 0 Å². The summed E-state index contributed by atoms with van der Waals surface area (Å²) in [5.74, 6) is 1.33.